The topological polar surface area (TPSA) is 44.8 Å². The van der Waals surface area contributed by atoms with E-state index in [9.17, 15) is 9.18 Å². The number of ether oxygens (including phenoxy) is 1. The van der Waals surface area contributed by atoms with Crippen molar-refractivity contribution in [3.63, 3.8) is 0 Å². The second-order valence-electron chi connectivity index (χ2n) is 6.52. The minimum Gasteiger partial charge on any atom is -0.497 e. The van der Waals surface area contributed by atoms with Crippen LogP contribution in [0, 0.1) is 5.82 Å². The molecule has 1 heterocycles. The summed E-state index contributed by atoms with van der Waals surface area (Å²) in [7, 11) is 1.65. The van der Waals surface area contributed by atoms with E-state index in [2.05, 4.69) is 15.1 Å². The number of hydrogen-bond donors (Lipinski definition) is 1. The van der Waals surface area contributed by atoms with Gasteiger partial charge < -0.3 is 15.0 Å². The van der Waals surface area contributed by atoms with Gasteiger partial charge in [-0.25, -0.2) is 4.39 Å². The van der Waals surface area contributed by atoms with Crippen molar-refractivity contribution < 1.29 is 13.9 Å². The van der Waals surface area contributed by atoms with Gasteiger partial charge in [0, 0.05) is 37.6 Å². The Balaban J connectivity index is 1.54. The lowest BCUT2D eigenvalue weighted by Gasteiger charge is -2.38. The van der Waals surface area contributed by atoms with Crippen LogP contribution in [0.15, 0.2) is 42.5 Å². The number of benzene rings is 2. The highest BCUT2D eigenvalue weighted by Crippen LogP contribution is 2.22. The van der Waals surface area contributed by atoms with E-state index >= 15 is 0 Å². The number of piperazine rings is 1. The van der Waals surface area contributed by atoms with Gasteiger partial charge >= 0.3 is 0 Å². The summed E-state index contributed by atoms with van der Waals surface area (Å²) in [4.78, 5) is 16.9. The summed E-state index contributed by atoms with van der Waals surface area (Å²) >= 11 is 5.77. The second kappa shape index (κ2) is 8.59. The number of carbonyl (C=O) groups excluding carboxylic acids is 1. The van der Waals surface area contributed by atoms with Gasteiger partial charge in [0.15, 0.2) is 0 Å². The van der Waals surface area contributed by atoms with Crippen LogP contribution in [-0.4, -0.2) is 50.1 Å². The zero-order chi connectivity index (χ0) is 19.4. The van der Waals surface area contributed by atoms with Gasteiger partial charge in [-0.2, -0.15) is 0 Å². The molecule has 0 saturated carbocycles. The number of rotatable bonds is 5. The third kappa shape index (κ3) is 4.70. The Bertz CT molecular complexity index is 792. The SMILES string of the molecule is COc1ccc(N2CCN([C@H](C)C(=O)Nc3ccc(F)c(Cl)c3)CC2)cc1. The van der Waals surface area contributed by atoms with Crippen molar-refractivity contribution >= 4 is 28.9 Å². The van der Waals surface area contributed by atoms with Crippen molar-refractivity contribution in [2.24, 2.45) is 0 Å². The van der Waals surface area contributed by atoms with Crippen LogP contribution in [0.2, 0.25) is 5.02 Å². The molecule has 0 bridgehead atoms. The number of hydrogen-bond acceptors (Lipinski definition) is 4. The second-order valence-corrected chi connectivity index (χ2v) is 6.92. The number of methoxy groups -OCH3 is 1. The summed E-state index contributed by atoms with van der Waals surface area (Å²) < 4.78 is 18.4. The number of carbonyl (C=O) groups is 1. The fraction of sp³-hybridized carbons (Fsp3) is 0.350. The Morgan fingerprint density at radius 2 is 1.81 bits per heavy atom. The molecule has 2 aromatic rings. The molecule has 7 heteroatoms. The average Bonchev–Trinajstić information content (AvgIpc) is 2.70. The molecule has 1 N–H and O–H groups in total. The monoisotopic (exact) mass is 391 g/mol. The van der Waals surface area contributed by atoms with Crippen molar-refractivity contribution in [2.75, 3.05) is 43.5 Å². The molecule has 1 fully saturated rings. The molecule has 0 radical (unpaired) electrons. The molecule has 5 nitrogen and oxygen atoms in total. The summed E-state index contributed by atoms with van der Waals surface area (Å²) in [5.41, 5.74) is 1.64. The lowest BCUT2D eigenvalue weighted by Crippen LogP contribution is -2.52. The van der Waals surface area contributed by atoms with Crippen molar-refractivity contribution in [1.29, 1.82) is 0 Å². The van der Waals surface area contributed by atoms with Crippen molar-refractivity contribution in [2.45, 2.75) is 13.0 Å². The summed E-state index contributed by atoms with van der Waals surface area (Å²) in [5, 5.41) is 2.80. The normalized spacial score (nSPS) is 16.1. The van der Waals surface area contributed by atoms with E-state index in [1.807, 2.05) is 31.2 Å². The number of halogens is 2. The Morgan fingerprint density at radius 1 is 1.15 bits per heavy atom. The minimum absolute atomic E-state index is 0.00596. The molecule has 144 valence electrons. The molecule has 1 atom stereocenters. The molecule has 0 aliphatic carbocycles. The highest BCUT2D eigenvalue weighted by atomic mass is 35.5. The largest absolute Gasteiger partial charge is 0.497 e. The maximum atomic E-state index is 13.2. The van der Waals surface area contributed by atoms with Gasteiger partial charge in [0.05, 0.1) is 18.2 Å². The summed E-state index contributed by atoms with van der Waals surface area (Å²) in [5.74, 6) is 0.205. The minimum atomic E-state index is -0.502. The number of nitrogens with one attached hydrogen (secondary N) is 1. The van der Waals surface area contributed by atoms with E-state index in [0.717, 1.165) is 37.6 Å². The van der Waals surface area contributed by atoms with Crippen molar-refractivity contribution in [3.8, 4) is 5.75 Å². The van der Waals surface area contributed by atoms with Crippen LogP contribution >= 0.6 is 11.6 Å². The van der Waals surface area contributed by atoms with Crippen LogP contribution in [0.25, 0.3) is 0 Å². The predicted molar refractivity (Wildman–Crippen MR) is 106 cm³/mol. The van der Waals surface area contributed by atoms with E-state index in [1.165, 1.54) is 18.2 Å². The molecule has 0 spiro atoms. The van der Waals surface area contributed by atoms with Gasteiger partial charge in [-0.3, -0.25) is 9.69 Å². The molecule has 3 rings (SSSR count). The molecule has 2 aromatic carbocycles. The Kier molecular flexibility index (Phi) is 6.19. The van der Waals surface area contributed by atoms with Crippen LogP contribution in [0.4, 0.5) is 15.8 Å². The molecule has 1 aliphatic heterocycles. The number of nitrogens with zero attached hydrogens (tertiary/aromatic N) is 2. The van der Waals surface area contributed by atoms with E-state index < -0.39 is 5.82 Å². The third-order valence-electron chi connectivity index (χ3n) is 4.87. The number of amides is 1. The fourth-order valence-corrected chi connectivity index (χ4v) is 3.33. The van der Waals surface area contributed by atoms with E-state index in [1.54, 1.807) is 7.11 Å². The van der Waals surface area contributed by atoms with Crippen LogP contribution in [-0.2, 0) is 4.79 Å². The van der Waals surface area contributed by atoms with Gasteiger partial charge in [0.1, 0.15) is 11.6 Å². The van der Waals surface area contributed by atoms with E-state index in [-0.39, 0.29) is 17.0 Å². The van der Waals surface area contributed by atoms with E-state index in [0.29, 0.717) is 5.69 Å². The van der Waals surface area contributed by atoms with Crippen molar-refractivity contribution in [3.05, 3.63) is 53.3 Å². The predicted octanol–water partition coefficient (Wildman–Crippen LogP) is 3.64. The standard InChI is InChI=1S/C20H23ClFN3O2/c1-14(20(26)23-15-3-8-19(22)18(21)13-15)24-9-11-25(12-10-24)16-4-6-17(27-2)7-5-16/h3-8,13-14H,9-12H2,1-2H3,(H,23,26)/t14-/m1/s1. The molecular weight excluding hydrogens is 369 g/mol. The van der Waals surface area contributed by atoms with Crippen LogP contribution in [0.1, 0.15) is 6.92 Å². The van der Waals surface area contributed by atoms with Gasteiger partial charge in [-0.1, -0.05) is 11.6 Å². The quantitative estimate of drug-likeness (QED) is 0.845. The van der Waals surface area contributed by atoms with Crippen LogP contribution in [0.3, 0.4) is 0 Å². The first-order chi connectivity index (χ1) is 13.0. The zero-order valence-electron chi connectivity index (χ0n) is 15.4. The smallest absolute Gasteiger partial charge is 0.241 e. The molecule has 1 amide bonds. The lowest BCUT2D eigenvalue weighted by atomic mass is 10.2. The van der Waals surface area contributed by atoms with Crippen LogP contribution < -0.4 is 15.0 Å². The zero-order valence-corrected chi connectivity index (χ0v) is 16.2. The Morgan fingerprint density at radius 3 is 2.41 bits per heavy atom. The highest BCUT2D eigenvalue weighted by Gasteiger charge is 2.26. The Hall–Kier alpha value is -2.31. The molecule has 27 heavy (non-hydrogen) atoms. The van der Waals surface area contributed by atoms with Gasteiger partial charge in [0.25, 0.3) is 0 Å². The van der Waals surface area contributed by atoms with Gasteiger partial charge in [-0.15, -0.1) is 0 Å². The van der Waals surface area contributed by atoms with Gasteiger partial charge in [-0.05, 0) is 49.4 Å². The molecule has 1 aliphatic rings. The molecular formula is C20H23ClFN3O2. The van der Waals surface area contributed by atoms with Gasteiger partial charge in [0.2, 0.25) is 5.91 Å². The molecule has 1 saturated heterocycles. The number of anilines is 2. The maximum absolute atomic E-state index is 13.2. The van der Waals surface area contributed by atoms with Crippen LogP contribution in [0.5, 0.6) is 5.75 Å². The first-order valence-corrected chi connectivity index (χ1v) is 9.24. The lowest BCUT2D eigenvalue weighted by molar-refractivity contribution is -0.120. The Labute approximate surface area is 163 Å². The highest BCUT2D eigenvalue weighted by molar-refractivity contribution is 6.31. The summed E-state index contributed by atoms with van der Waals surface area (Å²) in [6.07, 6.45) is 0. The molecule has 0 unspecified atom stereocenters. The molecule has 0 aromatic heterocycles. The first kappa shape index (κ1) is 19.5. The maximum Gasteiger partial charge on any atom is 0.241 e. The summed E-state index contributed by atoms with van der Waals surface area (Å²) in [6.45, 7) is 5.12. The first-order valence-electron chi connectivity index (χ1n) is 8.87. The average molecular weight is 392 g/mol. The third-order valence-corrected chi connectivity index (χ3v) is 5.16. The summed E-state index contributed by atoms with van der Waals surface area (Å²) in [6, 6.07) is 11.9. The fourth-order valence-electron chi connectivity index (χ4n) is 3.15. The van der Waals surface area contributed by atoms with Crippen molar-refractivity contribution in [1.82, 2.24) is 4.90 Å². The van der Waals surface area contributed by atoms with E-state index in [4.69, 9.17) is 16.3 Å².